The fraction of sp³-hybridized carbons (Fsp3) is 0.458. The molecule has 0 aromatic heterocycles. The molecule has 3 rings (SSSR count). The average molecular weight is 445 g/mol. The van der Waals surface area contributed by atoms with Crippen LogP contribution < -0.4 is 5.32 Å². The molecule has 1 aliphatic rings. The van der Waals surface area contributed by atoms with Crippen molar-refractivity contribution in [2.24, 2.45) is 5.92 Å². The number of nitrogens with zero attached hydrogens (tertiary/aromatic N) is 1. The van der Waals surface area contributed by atoms with Gasteiger partial charge in [0.2, 0.25) is 15.9 Å². The lowest BCUT2D eigenvalue weighted by molar-refractivity contribution is -0.127. The quantitative estimate of drug-likeness (QED) is 0.623. The first-order valence-electron chi connectivity index (χ1n) is 10.9. The first-order chi connectivity index (χ1) is 14.8. The van der Waals surface area contributed by atoms with Gasteiger partial charge in [-0.1, -0.05) is 67.6 Å². The molecule has 1 fully saturated rings. The van der Waals surface area contributed by atoms with Gasteiger partial charge in [0.25, 0.3) is 0 Å². The standard InChI is InChI=1S/C24H32N2O4S/c1-2-16-31(29,30)26-15-9-12-21(18-26)23(27)25-19-24(28,22-13-7-4-8-14-22)17-20-10-5-3-6-11-20/h3-8,10-11,13-14,21,28H,2,9,12,15-19H2,1H3,(H,25,27)/t21-,24+/m1/s1. The van der Waals surface area contributed by atoms with E-state index in [2.05, 4.69) is 5.32 Å². The van der Waals surface area contributed by atoms with E-state index in [0.717, 1.165) is 11.1 Å². The molecule has 0 saturated carbocycles. The predicted octanol–water partition coefficient (Wildman–Crippen LogP) is 2.68. The SMILES string of the molecule is CCCS(=O)(=O)N1CCC[C@@H](C(=O)NC[C@@](O)(Cc2ccccc2)c2ccccc2)C1. The van der Waals surface area contributed by atoms with Crippen LogP contribution in [0.4, 0.5) is 0 Å². The molecule has 2 N–H and O–H groups in total. The summed E-state index contributed by atoms with van der Waals surface area (Å²) in [5.74, 6) is -0.512. The van der Waals surface area contributed by atoms with Gasteiger partial charge < -0.3 is 10.4 Å². The Labute approximate surface area is 185 Å². The van der Waals surface area contributed by atoms with Crippen molar-refractivity contribution in [3.05, 3.63) is 71.8 Å². The monoisotopic (exact) mass is 444 g/mol. The highest BCUT2D eigenvalue weighted by Gasteiger charge is 2.34. The summed E-state index contributed by atoms with van der Waals surface area (Å²) in [5, 5.41) is 14.4. The Balaban J connectivity index is 1.70. The molecule has 7 heteroatoms. The highest BCUT2D eigenvalue weighted by atomic mass is 32.2. The molecule has 1 heterocycles. The van der Waals surface area contributed by atoms with Gasteiger partial charge in [0.15, 0.2) is 0 Å². The number of benzene rings is 2. The van der Waals surface area contributed by atoms with Gasteiger partial charge in [-0.3, -0.25) is 4.79 Å². The number of hydrogen-bond acceptors (Lipinski definition) is 4. The molecule has 0 aliphatic carbocycles. The maximum absolute atomic E-state index is 12.9. The van der Waals surface area contributed by atoms with E-state index < -0.39 is 21.5 Å². The number of rotatable bonds is 9. The van der Waals surface area contributed by atoms with Gasteiger partial charge in [-0.05, 0) is 30.4 Å². The number of aliphatic hydroxyl groups is 1. The third-order valence-corrected chi connectivity index (χ3v) is 7.86. The topological polar surface area (TPSA) is 86.7 Å². The molecule has 0 spiro atoms. The van der Waals surface area contributed by atoms with E-state index in [4.69, 9.17) is 0 Å². The average Bonchev–Trinajstić information content (AvgIpc) is 2.79. The molecule has 2 aromatic carbocycles. The Kier molecular flexibility index (Phi) is 7.86. The van der Waals surface area contributed by atoms with Crippen LogP contribution in [0, 0.1) is 5.92 Å². The summed E-state index contributed by atoms with van der Waals surface area (Å²) in [7, 11) is -3.32. The number of piperidine rings is 1. The van der Waals surface area contributed by atoms with Gasteiger partial charge in [-0.15, -0.1) is 0 Å². The molecule has 0 bridgehead atoms. The maximum atomic E-state index is 12.9. The minimum Gasteiger partial charge on any atom is -0.383 e. The summed E-state index contributed by atoms with van der Waals surface area (Å²) >= 11 is 0. The Bertz CT molecular complexity index is 950. The van der Waals surface area contributed by atoms with Gasteiger partial charge in [-0.25, -0.2) is 12.7 Å². The summed E-state index contributed by atoms with van der Waals surface area (Å²) in [4.78, 5) is 12.9. The summed E-state index contributed by atoms with van der Waals surface area (Å²) in [5.41, 5.74) is 0.438. The van der Waals surface area contributed by atoms with Crippen LogP contribution in [0.2, 0.25) is 0 Å². The number of nitrogens with one attached hydrogen (secondary N) is 1. The second-order valence-corrected chi connectivity index (χ2v) is 10.4. The summed E-state index contributed by atoms with van der Waals surface area (Å²) < 4.78 is 26.3. The molecule has 1 amide bonds. The first-order valence-corrected chi connectivity index (χ1v) is 12.5. The van der Waals surface area contributed by atoms with E-state index in [9.17, 15) is 18.3 Å². The second kappa shape index (κ2) is 10.4. The van der Waals surface area contributed by atoms with Crippen LogP contribution in [0.25, 0.3) is 0 Å². The molecular weight excluding hydrogens is 412 g/mol. The van der Waals surface area contributed by atoms with Crippen LogP contribution >= 0.6 is 0 Å². The van der Waals surface area contributed by atoms with Crippen LogP contribution in [0.3, 0.4) is 0 Å². The van der Waals surface area contributed by atoms with Crippen LogP contribution in [0.15, 0.2) is 60.7 Å². The van der Waals surface area contributed by atoms with Crippen molar-refractivity contribution in [2.45, 2.75) is 38.2 Å². The first kappa shape index (κ1) is 23.4. The molecule has 2 atom stereocenters. The fourth-order valence-corrected chi connectivity index (χ4v) is 5.71. The molecule has 168 valence electrons. The molecule has 0 unspecified atom stereocenters. The van der Waals surface area contributed by atoms with Crippen molar-refractivity contribution in [3.8, 4) is 0 Å². The molecule has 2 aromatic rings. The molecule has 1 aliphatic heterocycles. The number of amides is 1. The molecular formula is C24H32N2O4S. The van der Waals surface area contributed by atoms with Crippen LogP contribution in [-0.2, 0) is 26.8 Å². The Morgan fingerprint density at radius 3 is 2.42 bits per heavy atom. The van der Waals surface area contributed by atoms with E-state index in [1.54, 1.807) is 0 Å². The molecule has 31 heavy (non-hydrogen) atoms. The van der Waals surface area contributed by atoms with E-state index in [1.807, 2.05) is 67.6 Å². The van der Waals surface area contributed by atoms with E-state index in [1.165, 1.54) is 4.31 Å². The highest BCUT2D eigenvalue weighted by Crippen LogP contribution is 2.26. The molecule has 1 saturated heterocycles. The third kappa shape index (κ3) is 6.15. The summed E-state index contributed by atoms with van der Waals surface area (Å²) in [6.07, 6.45) is 2.22. The summed E-state index contributed by atoms with van der Waals surface area (Å²) in [6.45, 7) is 2.57. The lowest BCUT2D eigenvalue weighted by atomic mass is 9.86. The Morgan fingerprint density at radius 1 is 1.13 bits per heavy atom. The van der Waals surface area contributed by atoms with Crippen molar-refractivity contribution in [2.75, 3.05) is 25.4 Å². The van der Waals surface area contributed by atoms with Crippen molar-refractivity contribution in [1.29, 1.82) is 0 Å². The number of hydrogen-bond donors (Lipinski definition) is 2. The number of sulfonamides is 1. The van der Waals surface area contributed by atoms with Gasteiger partial charge in [-0.2, -0.15) is 0 Å². The van der Waals surface area contributed by atoms with E-state index in [-0.39, 0.29) is 24.7 Å². The molecule has 0 radical (unpaired) electrons. The summed E-state index contributed by atoms with van der Waals surface area (Å²) in [6, 6.07) is 19.0. The third-order valence-electron chi connectivity index (χ3n) is 5.82. The predicted molar refractivity (Wildman–Crippen MR) is 122 cm³/mol. The smallest absolute Gasteiger partial charge is 0.224 e. The van der Waals surface area contributed by atoms with Gasteiger partial charge in [0.05, 0.1) is 18.2 Å². The van der Waals surface area contributed by atoms with Crippen molar-refractivity contribution >= 4 is 15.9 Å². The molecule has 6 nitrogen and oxygen atoms in total. The zero-order valence-electron chi connectivity index (χ0n) is 18.0. The van der Waals surface area contributed by atoms with E-state index >= 15 is 0 Å². The minimum atomic E-state index is -3.32. The van der Waals surface area contributed by atoms with Crippen molar-refractivity contribution in [1.82, 2.24) is 9.62 Å². The largest absolute Gasteiger partial charge is 0.383 e. The Hall–Kier alpha value is -2.22. The van der Waals surface area contributed by atoms with Gasteiger partial charge in [0, 0.05) is 19.5 Å². The van der Waals surface area contributed by atoms with Crippen molar-refractivity contribution in [3.63, 3.8) is 0 Å². The van der Waals surface area contributed by atoms with Gasteiger partial charge in [0.1, 0.15) is 5.60 Å². The van der Waals surface area contributed by atoms with Gasteiger partial charge >= 0.3 is 0 Å². The second-order valence-electron chi connectivity index (χ2n) is 8.29. The normalized spacial score (nSPS) is 19.5. The van der Waals surface area contributed by atoms with Crippen LogP contribution in [0.5, 0.6) is 0 Å². The fourth-order valence-electron chi connectivity index (χ4n) is 4.12. The number of carbonyl (C=O) groups excluding carboxylic acids is 1. The van der Waals surface area contributed by atoms with E-state index in [0.29, 0.717) is 32.2 Å². The van der Waals surface area contributed by atoms with Crippen LogP contribution in [-0.4, -0.2) is 49.1 Å². The van der Waals surface area contributed by atoms with Crippen molar-refractivity contribution < 1.29 is 18.3 Å². The lowest BCUT2D eigenvalue weighted by Gasteiger charge is -2.33. The Morgan fingerprint density at radius 2 is 1.77 bits per heavy atom. The zero-order valence-corrected chi connectivity index (χ0v) is 18.9. The zero-order chi connectivity index (χ0) is 22.3. The highest BCUT2D eigenvalue weighted by molar-refractivity contribution is 7.89. The lowest BCUT2D eigenvalue weighted by Crippen LogP contribution is -2.49. The van der Waals surface area contributed by atoms with Crippen LogP contribution in [0.1, 0.15) is 37.3 Å². The maximum Gasteiger partial charge on any atom is 0.224 e. The minimum absolute atomic E-state index is 0.0585. The number of carbonyl (C=O) groups is 1.